The Morgan fingerprint density at radius 3 is 1.77 bits per heavy atom. The monoisotopic (exact) mass is 364 g/mol. The fourth-order valence-corrected chi connectivity index (χ4v) is 4.57. The second-order valence-corrected chi connectivity index (χ2v) is 10.5. The lowest BCUT2D eigenvalue weighted by Gasteiger charge is -2.42. The number of hydrogen-bond donors (Lipinski definition) is 0. The molecule has 4 nitrogen and oxygen atoms in total. The Morgan fingerprint density at radius 1 is 0.846 bits per heavy atom. The van der Waals surface area contributed by atoms with Crippen molar-refractivity contribution in [3.05, 3.63) is 0 Å². The van der Waals surface area contributed by atoms with Crippen LogP contribution in [0.3, 0.4) is 0 Å². The van der Waals surface area contributed by atoms with E-state index < -0.39 is 0 Å². The molecule has 0 radical (unpaired) electrons. The van der Waals surface area contributed by atoms with Gasteiger partial charge < -0.3 is 4.90 Å². The molecule has 0 bridgehead atoms. The third-order valence-corrected chi connectivity index (χ3v) is 6.50. The molecule has 0 aromatic heterocycles. The number of Topliss-reactive ketones (excluding diaryl/α,β-unsaturated/α-hetero) is 1. The maximum absolute atomic E-state index is 12.9. The van der Waals surface area contributed by atoms with E-state index in [2.05, 4.69) is 37.5 Å². The molecular formula is C22H40N2O2. The van der Waals surface area contributed by atoms with Gasteiger partial charge in [-0.2, -0.15) is 0 Å². The van der Waals surface area contributed by atoms with Crippen LogP contribution in [0, 0.1) is 23.2 Å². The topological polar surface area (TPSA) is 40.6 Å². The third-order valence-electron chi connectivity index (χ3n) is 6.50. The smallest absolute Gasteiger partial charge is 0.225 e. The average molecular weight is 365 g/mol. The zero-order valence-electron chi connectivity index (χ0n) is 18.1. The van der Waals surface area contributed by atoms with E-state index in [1.807, 2.05) is 20.8 Å². The third kappa shape index (κ3) is 5.09. The van der Waals surface area contributed by atoms with Crippen molar-refractivity contribution in [3.8, 4) is 0 Å². The van der Waals surface area contributed by atoms with Gasteiger partial charge in [0.15, 0.2) is 0 Å². The van der Waals surface area contributed by atoms with Gasteiger partial charge in [-0.3, -0.25) is 14.5 Å². The van der Waals surface area contributed by atoms with Gasteiger partial charge in [0.1, 0.15) is 5.78 Å². The Kier molecular flexibility index (Phi) is 6.58. The molecule has 2 rings (SSSR count). The van der Waals surface area contributed by atoms with Crippen LogP contribution in [0.2, 0.25) is 0 Å². The molecule has 0 aromatic rings. The van der Waals surface area contributed by atoms with E-state index in [1.165, 1.54) is 0 Å². The first-order chi connectivity index (χ1) is 11.9. The van der Waals surface area contributed by atoms with Crippen LogP contribution in [0.5, 0.6) is 0 Å². The van der Waals surface area contributed by atoms with Crippen molar-refractivity contribution < 1.29 is 9.59 Å². The van der Waals surface area contributed by atoms with Gasteiger partial charge in [-0.15, -0.1) is 0 Å². The fraction of sp³-hybridized carbons (Fsp3) is 0.909. The van der Waals surface area contributed by atoms with Crippen LogP contribution >= 0.6 is 0 Å². The summed E-state index contributed by atoms with van der Waals surface area (Å²) in [6, 6.07) is 0. The summed E-state index contributed by atoms with van der Waals surface area (Å²) in [5, 5.41) is 0. The minimum absolute atomic E-state index is 0.0993. The van der Waals surface area contributed by atoms with Crippen LogP contribution in [0.15, 0.2) is 0 Å². The van der Waals surface area contributed by atoms with E-state index in [9.17, 15) is 9.59 Å². The maximum atomic E-state index is 12.9. The van der Waals surface area contributed by atoms with E-state index in [0.29, 0.717) is 17.6 Å². The summed E-state index contributed by atoms with van der Waals surface area (Å²) >= 11 is 0. The molecule has 1 atom stereocenters. The number of carbonyl (C=O) groups excluding carboxylic acids is 2. The molecular weight excluding hydrogens is 324 g/mol. The first kappa shape index (κ1) is 21.4. The Labute approximate surface area is 160 Å². The molecule has 1 amide bonds. The maximum Gasteiger partial charge on any atom is 0.225 e. The van der Waals surface area contributed by atoms with Crippen molar-refractivity contribution in [2.24, 2.45) is 23.2 Å². The van der Waals surface area contributed by atoms with Crippen molar-refractivity contribution in [2.45, 2.75) is 79.7 Å². The number of carbonyl (C=O) groups is 2. The lowest BCUT2D eigenvalue weighted by molar-refractivity contribution is -0.140. The molecule has 2 aliphatic heterocycles. The zero-order valence-corrected chi connectivity index (χ0v) is 18.1. The number of likely N-dealkylation sites (tertiary alicyclic amines) is 2. The predicted octanol–water partition coefficient (Wildman–Crippen LogP) is 3.99. The van der Waals surface area contributed by atoms with E-state index in [4.69, 9.17) is 0 Å². The quantitative estimate of drug-likeness (QED) is 0.760. The molecule has 1 unspecified atom stereocenters. The highest BCUT2D eigenvalue weighted by molar-refractivity contribution is 5.86. The highest BCUT2D eigenvalue weighted by atomic mass is 16.2. The minimum atomic E-state index is -0.270. The van der Waals surface area contributed by atoms with Gasteiger partial charge in [0, 0.05) is 35.9 Å². The van der Waals surface area contributed by atoms with Crippen LogP contribution in [-0.4, -0.2) is 53.2 Å². The number of hydrogen-bond acceptors (Lipinski definition) is 3. The van der Waals surface area contributed by atoms with Gasteiger partial charge in [-0.1, -0.05) is 27.7 Å². The Bertz CT molecular complexity index is 499. The number of piperidine rings is 2. The van der Waals surface area contributed by atoms with E-state index in [1.54, 1.807) is 0 Å². The van der Waals surface area contributed by atoms with E-state index >= 15 is 0 Å². The van der Waals surface area contributed by atoms with Crippen molar-refractivity contribution in [1.29, 1.82) is 0 Å². The summed E-state index contributed by atoms with van der Waals surface area (Å²) in [5.74, 6) is 1.43. The first-order valence-corrected chi connectivity index (χ1v) is 10.5. The summed E-state index contributed by atoms with van der Waals surface area (Å²) in [7, 11) is 0. The van der Waals surface area contributed by atoms with Crippen LogP contribution in [-0.2, 0) is 9.59 Å². The molecule has 0 aromatic carbocycles. The fourth-order valence-electron chi connectivity index (χ4n) is 4.57. The van der Waals surface area contributed by atoms with Gasteiger partial charge >= 0.3 is 0 Å². The molecule has 0 spiro atoms. The molecule has 4 heteroatoms. The van der Waals surface area contributed by atoms with Crippen LogP contribution in [0.4, 0.5) is 0 Å². The summed E-state index contributed by atoms with van der Waals surface area (Å²) in [6.45, 7) is 18.5. The standard InChI is InChI=1S/C22H40N2O2/c1-16(19(25)21(2,3)4)17-8-12-23(13-9-17)20(26)18-10-14-24(15-11-18)22(5,6)7/h16-18H,8-15H2,1-7H3. The largest absolute Gasteiger partial charge is 0.342 e. The molecule has 2 heterocycles. The highest BCUT2D eigenvalue weighted by Crippen LogP contribution is 2.32. The van der Waals surface area contributed by atoms with Gasteiger partial charge in [0.25, 0.3) is 0 Å². The summed E-state index contributed by atoms with van der Waals surface area (Å²) in [5.41, 5.74) is -0.0739. The second-order valence-electron chi connectivity index (χ2n) is 10.5. The number of rotatable bonds is 3. The minimum Gasteiger partial charge on any atom is -0.342 e. The molecule has 2 saturated heterocycles. The molecule has 0 saturated carbocycles. The Hall–Kier alpha value is -0.900. The van der Waals surface area contributed by atoms with Crippen LogP contribution in [0.25, 0.3) is 0 Å². The summed E-state index contributed by atoms with van der Waals surface area (Å²) in [4.78, 5) is 30.0. The van der Waals surface area contributed by atoms with Gasteiger partial charge in [0.05, 0.1) is 0 Å². The molecule has 0 aliphatic carbocycles. The molecule has 150 valence electrons. The normalized spacial score (nSPS) is 23.1. The molecule has 2 fully saturated rings. The SMILES string of the molecule is CC(C(=O)C(C)(C)C)C1CCN(C(=O)C2CCN(C(C)(C)C)CC2)CC1. The van der Waals surface area contributed by atoms with Crippen LogP contribution < -0.4 is 0 Å². The average Bonchev–Trinajstić information content (AvgIpc) is 2.58. The van der Waals surface area contributed by atoms with E-state index in [-0.39, 0.29) is 22.8 Å². The molecule has 0 N–H and O–H groups in total. The van der Waals surface area contributed by atoms with Crippen molar-refractivity contribution in [2.75, 3.05) is 26.2 Å². The number of nitrogens with zero attached hydrogens (tertiary/aromatic N) is 2. The lowest BCUT2D eigenvalue weighted by Crippen LogP contribution is -2.50. The Balaban J connectivity index is 1.83. The van der Waals surface area contributed by atoms with Crippen molar-refractivity contribution >= 4 is 11.7 Å². The van der Waals surface area contributed by atoms with E-state index in [0.717, 1.165) is 51.9 Å². The molecule has 26 heavy (non-hydrogen) atoms. The summed E-state index contributed by atoms with van der Waals surface area (Å²) in [6.07, 6.45) is 3.90. The van der Waals surface area contributed by atoms with Gasteiger partial charge in [0.2, 0.25) is 5.91 Å². The molecule has 2 aliphatic rings. The summed E-state index contributed by atoms with van der Waals surface area (Å²) < 4.78 is 0. The number of ketones is 1. The van der Waals surface area contributed by atoms with Gasteiger partial charge in [-0.05, 0) is 65.5 Å². The highest BCUT2D eigenvalue weighted by Gasteiger charge is 2.37. The lowest BCUT2D eigenvalue weighted by atomic mass is 9.75. The van der Waals surface area contributed by atoms with Crippen molar-refractivity contribution in [1.82, 2.24) is 9.80 Å². The van der Waals surface area contributed by atoms with Gasteiger partial charge in [-0.25, -0.2) is 0 Å². The van der Waals surface area contributed by atoms with Crippen LogP contribution in [0.1, 0.15) is 74.1 Å². The van der Waals surface area contributed by atoms with Crippen molar-refractivity contribution in [3.63, 3.8) is 0 Å². The predicted molar refractivity (Wildman–Crippen MR) is 107 cm³/mol. The first-order valence-electron chi connectivity index (χ1n) is 10.5. The second kappa shape index (κ2) is 8.00. The number of amides is 1. The Morgan fingerprint density at radius 2 is 1.35 bits per heavy atom. The zero-order chi connectivity index (χ0) is 19.7.